The normalized spacial score (nSPS) is 13.8. The Labute approximate surface area is 86.3 Å². The fraction of sp³-hybridized carbons (Fsp3) is 1.00. The van der Waals surface area contributed by atoms with Gasteiger partial charge >= 0.3 is 0 Å². The van der Waals surface area contributed by atoms with Crippen molar-refractivity contribution in [3.63, 3.8) is 0 Å². The molecular formula is C11H23Br. The molecule has 0 bridgehead atoms. The van der Waals surface area contributed by atoms with Crippen LogP contribution >= 0.6 is 15.9 Å². The Balaban J connectivity index is 3.14. The molecule has 74 valence electrons. The molecule has 0 aliphatic rings. The Morgan fingerprint density at radius 3 is 2.25 bits per heavy atom. The van der Waals surface area contributed by atoms with Gasteiger partial charge in [-0.2, -0.15) is 0 Å². The Morgan fingerprint density at radius 2 is 1.75 bits per heavy atom. The van der Waals surface area contributed by atoms with Gasteiger partial charge in [-0.25, -0.2) is 0 Å². The van der Waals surface area contributed by atoms with Crippen molar-refractivity contribution in [2.75, 3.05) is 0 Å². The predicted octanol–water partition coefficient (Wildman–Crippen LogP) is 4.77. The van der Waals surface area contributed by atoms with Gasteiger partial charge in [0.2, 0.25) is 0 Å². The van der Waals surface area contributed by atoms with E-state index in [1.807, 2.05) is 0 Å². The molecule has 1 heteroatoms. The van der Waals surface area contributed by atoms with Crippen molar-refractivity contribution < 1.29 is 0 Å². The molecule has 0 heterocycles. The van der Waals surface area contributed by atoms with Crippen LogP contribution in [0.4, 0.5) is 0 Å². The first-order valence-corrected chi connectivity index (χ1v) is 6.22. The number of hydrogen-bond donors (Lipinski definition) is 0. The molecule has 0 aromatic carbocycles. The van der Waals surface area contributed by atoms with E-state index in [-0.39, 0.29) is 0 Å². The van der Waals surface area contributed by atoms with Crippen LogP contribution in [0.3, 0.4) is 0 Å². The zero-order valence-electron chi connectivity index (χ0n) is 8.78. The maximum Gasteiger partial charge on any atom is 0.0148 e. The fourth-order valence-corrected chi connectivity index (χ4v) is 2.49. The molecule has 0 saturated heterocycles. The number of alkyl halides is 1. The van der Waals surface area contributed by atoms with Crippen molar-refractivity contribution in [1.82, 2.24) is 0 Å². The maximum atomic E-state index is 3.73. The van der Waals surface area contributed by atoms with Gasteiger partial charge in [-0.3, -0.25) is 0 Å². The Hall–Kier alpha value is 0.480. The fourth-order valence-electron chi connectivity index (χ4n) is 1.42. The lowest BCUT2D eigenvalue weighted by Crippen LogP contribution is -2.02. The monoisotopic (exact) mass is 234 g/mol. The second-order valence-electron chi connectivity index (χ2n) is 4.08. The third-order valence-electron chi connectivity index (χ3n) is 2.10. The Bertz CT molecular complexity index is 89.0. The molecule has 0 fully saturated rings. The van der Waals surface area contributed by atoms with Crippen molar-refractivity contribution in [2.24, 2.45) is 5.92 Å². The largest absolute Gasteiger partial charge is 0.0891 e. The summed E-state index contributed by atoms with van der Waals surface area (Å²) in [6, 6.07) is 0. The summed E-state index contributed by atoms with van der Waals surface area (Å²) in [5, 5.41) is 0. The van der Waals surface area contributed by atoms with Crippen LogP contribution in [-0.2, 0) is 0 Å². The number of rotatable bonds is 7. The third-order valence-corrected chi connectivity index (χ3v) is 2.93. The molecule has 0 rings (SSSR count). The minimum Gasteiger partial charge on any atom is -0.0891 e. The van der Waals surface area contributed by atoms with Crippen LogP contribution in [0.2, 0.25) is 0 Å². The third kappa shape index (κ3) is 8.58. The summed E-state index contributed by atoms with van der Waals surface area (Å²) in [4.78, 5) is 0.759. The van der Waals surface area contributed by atoms with Gasteiger partial charge in [0, 0.05) is 4.83 Å². The van der Waals surface area contributed by atoms with Crippen LogP contribution in [0, 0.1) is 5.92 Å². The number of halogens is 1. The zero-order valence-corrected chi connectivity index (χ0v) is 10.4. The molecule has 0 nitrogen and oxygen atoms in total. The van der Waals surface area contributed by atoms with Gasteiger partial charge in [-0.1, -0.05) is 62.4 Å². The van der Waals surface area contributed by atoms with Crippen LogP contribution in [0.1, 0.15) is 59.3 Å². The summed E-state index contributed by atoms with van der Waals surface area (Å²) in [5.41, 5.74) is 0. The summed E-state index contributed by atoms with van der Waals surface area (Å²) < 4.78 is 0. The van der Waals surface area contributed by atoms with E-state index in [1.165, 1.54) is 38.5 Å². The smallest absolute Gasteiger partial charge is 0.0148 e. The van der Waals surface area contributed by atoms with Crippen LogP contribution in [-0.4, -0.2) is 4.83 Å². The van der Waals surface area contributed by atoms with Crippen LogP contribution in [0.15, 0.2) is 0 Å². The first kappa shape index (κ1) is 12.5. The highest BCUT2D eigenvalue weighted by Gasteiger charge is 2.05. The van der Waals surface area contributed by atoms with E-state index < -0.39 is 0 Å². The van der Waals surface area contributed by atoms with Crippen LogP contribution in [0.25, 0.3) is 0 Å². The van der Waals surface area contributed by atoms with Gasteiger partial charge < -0.3 is 0 Å². The molecule has 1 unspecified atom stereocenters. The topological polar surface area (TPSA) is 0 Å². The van der Waals surface area contributed by atoms with Crippen LogP contribution < -0.4 is 0 Å². The zero-order chi connectivity index (χ0) is 9.40. The molecule has 0 N–H and O–H groups in total. The van der Waals surface area contributed by atoms with Gasteiger partial charge in [0.05, 0.1) is 0 Å². The van der Waals surface area contributed by atoms with E-state index >= 15 is 0 Å². The van der Waals surface area contributed by atoms with Gasteiger partial charge in [0.15, 0.2) is 0 Å². The lowest BCUT2D eigenvalue weighted by atomic mass is 10.0. The van der Waals surface area contributed by atoms with E-state index in [0.29, 0.717) is 0 Å². The molecule has 12 heavy (non-hydrogen) atoms. The highest BCUT2D eigenvalue weighted by atomic mass is 79.9. The predicted molar refractivity (Wildman–Crippen MR) is 60.9 cm³/mol. The number of hydrogen-bond acceptors (Lipinski definition) is 0. The second-order valence-corrected chi connectivity index (χ2v) is 5.37. The van der Waals surface area contributed by atoms with Crippen molar-refractivity contribution in [3.8, 4) is 0 Å². The van der Waals surface area contributed by atoms with Gasteiger partial charge in [-0.15, -0.1) is 0 Å². The highest BCUT2D eigenvalue weighted by molar-refractivity contribution is 9.09. The molecule has 0 aromatic rings. The molecule has 0 aliphatic heterocycles. The highest BCUT2D eigenvalue weighted by Crippen LogP contribution is 2.19. The lowest BCUT2D eigenvalue weighted by Gasteiger charge is -2.11. The Morgan fingerprint density at radius 1 is 1.08 bits per heavy atom. The van der Waals surface area contributed by atoms with E-state index in [0.717, 1.165) is 10.7 Å². The first-order valence-electron chi connectivity index (χ1n) is 5.30. The van der Waals surface area contributed by atoms with Crippen molar-refractivity contribution >= 4 is 15.9 Å². The van der Waals surface area contributed by atoms with E-state index in [9.17, 15) is 0 Å². The molecule has 0 aliphatic carbocycles. The Kier molecular flexibility index (Phi) is 8.42. The molecule has 0 radical (unpaired) electrons. The summed E-state index contributed by atoms with van der Waals surface area (Å²) in [7, 11) is 0. The van der Waals surface area contributed by atoms with Gasteiger partial charge in [0.1, 0.15) is 0 Å². The molecule has 0 spiro atoms. The molecule has 0 amide bonds. The van der Waals surface area contributed by atoms with Crippen molar-refractivity contribution in [1.29, 1.82) is 0 Å². The van der Waals surface area contributed by atoms with Crippen molar-refractivity contribution in [3.05, 3.63) is 0 Å². The molecule has 0 aromatic heterocycles. The maximum absolute atomic E-state index is 3.73. The SMILES string of the molecule is CCCCCCC(Br)CC(C)C. The second kappa shape index (κ2) is 8.10. The quantitative estimate of drug-likeness (QED) is 0.440. The van der Waals surface area contributed by atoms with E-state index in [1.54, 1.807) is 0 Å². The first-order chi connectivity index (χ1) is 5.66. The van der Waals surface area contributed by atoms with Crippen LogP contribution in [0.5, 0.6) is 0 Å². The molecule has 0 saturated carbocycles. The number of unbranched alkanes of at least 4 members (excludes halogenated alkanes) is 3. The summed E-state index contributed by atoms with van der Waals surface area (Å²) in [6.07, 6.45) is 8.25. The average molecular weight is 235 g/mol. The lowest BCUT2D eigenvalue weighted by molar-refractivity contribution is 0.530. The summed E-state index contributed by atoms with van der Waals surface area (Å²) in [6.45, 7) is 6.85. The van der Waals surface area contributed by atoms with E-state index in [4.69, 9.17) is 0 Å². The molecular weight excluding hydrogens is 212 g/mol. The van der Waals surface area contributed by atoms with Gasteiger partial charge in [0.25, 0.3) is 0 Å². The minimum absolute atomic E-state index is 0.759. The summed E-state index contributed by atoms with van der Waals surface area (Å²) in [5.74, 6) is 0.834. The van der Waals surface area contributed by atoms with Gasteiger partial charge in [-0.05, 0) is 18.8 Å². The van der Waals surface area contributed by atoms with E-state index in [2.05, 4.69) is 36.7 Å². The minimum atomic E-state index is 0.759. The molecule has 1 atom stereocenters. The van der Waals surface area contributed by atoms with Crippen molar-refractivity contribution in [2.45, 2.75) is 64.1 Å². The average Bonchev–Trinajstić information content (AvgIpc) is 1.97. The summed E-state index contributed by atoms with van der Waals surface area (Å²) >= 11 is 3.73. The standard InChI is InChI=1S/C11H23Br/c1-4-5-6-7-8-11(12)9-10(2)3/h10-11H,4-9H2,1-3H3.